The van der Waals surface area contributed by atoms with Gasteiger partial charge in [0.25, 0.3) is 0 Å². The van der Waals surface area contributed by atoms with Gasteiger partial charge in [0.05, 0.1) is 5.69 Å². The van der Waals surface area contributed by atoms with Crippen LogP contribution >= 0.6 is 24.0 Å². The third-order valence-corrected chi connectivity index (χ3v) is 4.97. The molecule has 0 radical (unpaired) electrons. The standard InChI is InChI=1S/C21H32N6O2.HI/c1-22-21(27-11-9-26(10-12-27)17-19-8-14-29-24-19)23-16-18-6-4-5-7-20(18)28-15-13-25(2)3;/h4-8,14H,9-13,15-17H2,1-3H3,(H,22,23);1H. The predicted molar refractivity (Wildman–Crippen MR) is 129 cm³/mol. The number of hydrogen-bond donors (Lipinski definition) is 1. The van der Waals surface area contributed by atoms with Crippen LogP contribution in [-0.4, -0.2) is 86.3 Å². The van der Waals surface area contributed by atoms with Crippen molar-refractivity contribution in [3.8, 4) is 5.75 Å². The second kappa shape index (κ2) is 12.8. The number of nitrogens with one attached hydrogen (secondary N) is 1. The summed E-state index contributed by atoms with van der Waals surface area (Å²) in [6.07, 6.45) is 1.62. The number of rotatable bonds is 8. The van der Waals surface area contributed by atoms with Gasteiger partial charge in [-0.2, -0.15) is 0 Å². The molecule has 1 N–H and O–H groups in total. The van der Waals surface area contributed by atoms with Crippen molar-refractivity contribution < 1.29 is 9.26 Å². The molecule has 1 aromatic heterocycles. The third-order valence-electron chi connectivity index (χ3n) is 4.97. The van der Waals surface area contributed by atoms with Gasteiger partial charge in [-0.1, -0.05) is 23.4 Å². The minimum atomic E-state index is 0. The first-order valence-electron chi connectivity index (χ1n) is 10.1. The molecule has 1 aromatic carbocycles. The van der Waals surface area contributed by atoms with E-state index >= 15 is 0 Å². The fourth-order valence-electron chi connectivity index (χ4n) is 3.30. The SMILES string of the molecule is CN=C(NCc1ccccc1OCCN(C)C)N1CCN(Cc2ccon2)CC1.I. The molecule has 9 heteroatoms. The summed E-state index contributed by atoms with van der Waals surface area (Å²) in [6, 6.07) is 10.1. The molecule has 30 heavy (non-hydrogen) atoms. The summed E-state index contributed by atoms with van der Waals surface area (Å²) in [7, 11) is 5.93. The molecule has 0 atom stereocenters. The Bertz CT molecular complexity index is 761. The van der Waals surface area contributed by atoms with Crippen molar-refractivity contribution in [2.24, 2.45) is 4.99 Å². The molecule has 0 saturated carbocycles. The number of benzene rings is 1. The van der Waals surface area contributed by atoms with Crippen molar-refractivity contribution in [2.45, 2.75) is 13.1 Å². The summed E-state index contributed by atoms with van der Waals surface area (Å²) < 4.78 is 10.9. The summed E-state index contributed by atoms with van der Waals surface area (Å²) in [5.41, 5.74) is 2.11. The number of likely N-dealkylation sites (N-methyl/N-ethyl adjacent to an activating group) is 1. The lowest BCUT2D eigenvalue weighted by molar-refractivity contribution is 0.169. The quantitative estimate of drug-likeness (QED) is 0.320. The van der Waals surface area contributed by atoms with Crippen LogP contribution in [0.25, 0.3) is 0 Å². The average Bonchev–Trinajstić information content (AvgIpc) is 3.23. The van der Waals surface area contributed by atoms with Crippen molar-refractivity contribution in [1.82, 2.24) is 25.2 Å². The Hall–Kier alpha value is -1.85. The molecule has 3 rings (SSSR count). The first-order valence-corrected chi connectivity index (χ1v) is 10.1. The molecular formula is C21H33IN6O2. The molecule has 8 nitrogen and oxygen atoms in total. The van der Waals surface area contributed by atoms with Gasteiger partial charge >= 0.3 is 0 Å². The highest BCUT2D eigenvalue weighted by Gasteiger charge is 2.20. The average molecular weight is 528 g/mol. The van der Waals surface area contributed by atoms with Gasteiger partial charge in [0, 0.05) is 64.5 Å². The lowest BCUT2D eigenvalue weighted by atomic mass is 10.2. The fourth-order valence-corrected chi connectivity index (χ4v) is 3.30. The second-order valence-electron chi connectivity index (χ2n) is 7.41. The van der Waals surface area contributed by atoms with Crippen LogP contribution in [0.5, 0.6) is 5.75 Å². The van der Waals surface area contributed by atoms with E-state index in [0.717, 1.165) is 62.2 Å². The zero-order valence-electron chi connectivity index (χ0n) is 18.1. The fraction of sp³-hybridized carbons (Fsp3) is 0.524. The van der Waals surface area contributed by atoms with E-state index in [2.05, 4.69) is 36.2 Å². The van der Waals surface area contributed by atoms with E-state index in [9.17, 15) is 0 Å². The Morgan fingerprint density at radius 3 is 2.63 bits per heavy atom. The number of piperazine rings is 1. The van der Waals surface area contributed by atoms with Gasteiger partial charge in [0.2, 0.25) is 0 Å². The van der Waals surface area contributed by atoms with Crippen LogP contribution in [0.1, 0.15) is 11.3 Å². The van der Waals surface area contributed by atoms with E-state index in [-0.39, 0.29) is 24.0 Å². The van der Waals surface area contributed by atoms with Crippen molar-refractivity contribution in [1.29, 1.82) is 0 Å². The van der Waals surface area contributed by atoms with E-state index in [1.807, 2.05) is 45.4 Å². The maximum atomic E-state index is 5.97. The highest BCUT2D eigenvalue weighted by molar-refractivity contribution is 14.0. The minimum Gasteiger partial charge on any atom is -0.492 e. The van der Waals surface area contributed by atoms with Crippen LogP contribution < -0.4 is 10.1 Å². The number of halogens is 1. The zero-order valence-corrected chi connectivity index (χ0v) is 20.4. The largest absolute Gasteiger partial charge is 0.492 e. The van der Waals surface area contributed by atoms with Crippen LogP contribution in [0.2, 0.25) is 0 Å². The molecule has 0 spiro atoms. The molecule has 0 unspecified atom stereocenters. The van der Waals surface area contributed by atoms with Crippen LogP contribution in [0.15, 0.2) is 46.1 Å². The number of aromatic nitrogens is 1. The molecular weight excluding hydrogens is 495 g/mol. The first-order chi connectivity index (χ1) is 14.2. The number of ether oxygens (including phenoxy) is 1. The number of guanidine groups is 1. The topological polar surface area (TPSA) is 69.4 Å². The van der Waals surface area contributed by atoms with E-state index in [0.29, 0.717) is 13.2 Å². The predicted octanol–water partition coefficient (Wildman–Crippen LogP) is 2.13. The van der Waals surface area contributed by atoms with Gasteiger partial charge in [-0.15, -0.1) is 24.0 Å². The molecule has 2 heterocycles. The third kappa shape index (κ3) is 7.44. The number of aliphatic imine (C=N–C) groups is 1. The number of nitrogens with zero attached hydrogens (tertiary/aromatic N) is 5. The molecule has 1 aliphatic heterocycles. The minimum absolute atomic E-state index is 0. The van der Waals surface area contributed by atoms with Gasteiger partial charge in [-0.3, -0.25) is 9.89 Å². The summed E-state index contributed by atoms with van der Waals surface area (Å²) >= 11 is 0. The monoisotopic (exact) mass is 528 g/mol. The van der Waals surface area contributed by atoms with Gasteiger partial charge in [0.1, 0.15) is 18.6 Å². The van der Waals surface area contributed by atoms with Crippen LogP contribution in [0.3, 0.4) is 0 Å². The summed E-state index contributed by atoms with van der Waals surface area (Å²) in [6.45, 7) is 6.87. The van der Waals surface area contributed by atoms with Crippen molar-refractivity contribution in [3.63, 3.8) is 0 Å². The summed E-state index contributed by atoms with van der Waals surface area (Å²) in [5, 5.41) is 7.50. The Balaban J connectivity index is 0.00000320. The van der Waals surface area contributed by atoms with E-state index in [4.69, 9.17) is 9.26 Å². The van der Waals surface area contributed by atoms with Crippen molar-refractivity contribution in [3.05, 3.63) is 47.9 Å². The van der Waals surface area contributed by atoms with Crippen molar-refractivity contribution in [2.75, 3.05) is 60.5 Å². The Morgan fingerprint density at radius 2 is 1.97 bits per heavy atom. The van der Waals surface area contributed by atoms with Gasteiger partial charge in [-0.05, 0) is 20.2 Å². The highest BCUT2D eigenvalue weighted by atomic mass is 127. The lowest BCUT2D eigenvalue weighted by Gasteiger charge is -2.36. The van der Waals surface area contributed by atoms with Gasteiger partial charge in [-0.25, -0.2) is 0 Å². The Labute approximate surface area is 196 Å². The molecule has 0 bridgehead atoms. The molecule has 0 aliphatic carbocycles. The van der Waals surface area contributed by atoms with E-state index in [1.165, 1.54) is 0 Å². The van der Waals surface area contributed by atoms with E-state index < -0.39 is 0 Å². The van der Waals surface area contributed by atoms with Crippen LogP contribution in [-0.2, 0) is 13.1 Å². The molecule has 0 amide bonds. The maximum Gasteiger partial charge on any atom is 0.194 e. The van der Waals surface area contributed by atoms with Crippen LogP contribution in [0, 0.1) is 0 Å². The van der Waals surface area contributed by atoms with Crippen molar-refractivity contribution >= 4 is 29.9 Å². The molecule has 166 valence electrons. The summed E-state index contributed by atoms with van der Waals surface area (Å²) in [4.78, 5) is 11.3. The second-order valence-corrected chi connectivity index (χ2v) is 7.41. The molecule has 1 fully saturated rings. The number of hydrogen-bond acceptors (Lipinski definition) is 6. The first kappa shape index (κ1) is 24.4. The van der Waals surface area contributed by atoms with Crippen LogP contribution in [0.4, 0.5) is 0 Å². The molecule has 2 aromatic rings. The molecule has 1 saturated heterocycles. The Morgan fingerprint density at radius 1 is 1.20 bits per heavy atom. The maximum absolute atomic E-state index is 5.97. The van der Waals surface area contributed by atoms with E-state index in [1.54, 1.807) is 6.26 Å². The lowest BCUT2D eigenvalue weighted by Crippen LogP contribution is -2.52. The highest BCUT2D eigenvalue weighted by Crippen LogP contribution is 2.18. The van der Waals surface area contributed by atoms with Gasteiger partial charge in [0.15, 0.2) is 5.96 Å². The van der Waals surface area contributed by atoms with Gasteiger partial charge < -0.3 is 24.4 Å². The Kier molecular flexibility index (Phi) is 10.4. The summed E-state index contributed by atoms with van der Waals surface area (Å²) in [5.74, 6) is 1.85. The normalized spacial score (nSPS) is 15.2. The molecule has 1 aliphatic rings. The number of para-hydroxylation sites is 1. The zero-order chi connectivity index (χ0) is 20.5. The smallest absolute Gasteiger partial charge is 0.194 e.